The average molecular weight is 781 g/mol. The summed E-state index contributed by atoms with van der Waals surface area (Å²) in [7, 11) is 0. The average Bonchev–Trinajstić information content (AvgIpc) is 3.83. The molecule has 0 aliphatic carbocycles. The molecule has 0 radical (unpaired) electrons. The zero-order valence-electron chi connectivity index (χ0n) is 22.8. The molecular weight excluding hydrogens is 759 g/mol. The largest absolute Gasteiger partial charge is 0.490 e. The van der Waals surface area contributed by atoms with Crippen LogP contribution in [0.5, 0.6) is 11.5 Å². The highest BCUT2D eigenvalue weighted by Crippen LogP contribution is 2.42. The second-order valence-corrected chi connectivity index (χ2v) is 13.8. The van der Waals surface area contributed by atoms with Crippen LogP contribution in [0.25, 0.3) is 21.4 Å². The van der Waals surface area contributed by atoms with Crippen molar-refractivity contribution < 1.29 is 46.1 Å². The van der Waals surface area contributed by atoms with E-state index in [-0.39, 0.29) is 24.8 Å². The third-order valence-corrected chi connectivity index (χ3v) is 10.1. The maximum absolute atomic E-state index is 13.1. The van der Waals surface area contributed by atoms with Crippen LogP contribution in [0.1, 0.15) is 0 Å². The number of imidazole rings is 2. The molecule has 238 valence electrons. The van der Waals surface area contributed by atoms with Crippen LogP contribution in [0.15, 0.2) is 29.9 Å². The molecule has 0 spiro atoms. The Morgan fingerprint density at radius 2 is 1.33 bits per heavy atom. The first-order valence-electron chi connectivity index (χ1n) is 13.5. The molecule has 4 aromatic heterocycles. The molecule has 8 rings (SSSR count). The second-order valence-electron chi connectivity index (χ2n) is 9.98. The predicted octanol–water partition coefficient (Wildman–Crippen LogP) is 5.79. The number of alkyl halides is 4. The van der Waals surface area contributed by atoms with Gasteiger partial charge in [-0.05, 0) is 34.0 Å². The number of aromatic nitrogens is 4. The fraction of sp³-hybridized carbons (Fsp3) is 0.385. The van der Waals surface area contributed by atoms with Gasteiger partial charge in [-0.15, -0.1) is 22.7 Å². The van der Waals surface area contributed by atoms with Gasteiger partial charge < -0.3 is 28.1 Å². The summed E-state index contributed by atoms with van der Waals surface area (Å²) in [5.74, 6) is 3.05. The minimum Gasteiger partial charge on any atom is -0.490 e. The Morgan fingerprint density at radius 1 is 0.800 bits per heavy atom. The summed E-state index contributed by atoms with van der Waals surface area (Å²) in [6.07, 6.45) is -3.77. The summed E-state index contributed by atoms with van der Waals surface area (Å²) < 4.78 is 77.8. The lowest BCUT2D eigenvalue weighted by molar-refractivity contribution is 0.103. The third-order valence-electron chi connectivity index (χ3n) is 7.30. The van der Waals surface area contributed by atoms with E-state index in [1.54, 1.807) is 12.4 Å². The van der Waals surface area contributed by atoms with E-state index in [0.29, 0.717) is 38.0 Å². The zero-order valence-corrected chi connectivity index (χ0v) is 26.6. The number of cyclic esters (lactones) is 2. The number of amides is 2. The molecule has 0 bridgehead atoms. The topological polar surface area (TPSA) is 113 Å². The van der Waals surface area contributed by atoms with Gasteiger partial charge in [-0.25, -0.2) is 46.9 Å². The highest BCUT2D eigenvalue weighted by atomic mass is 127. The van der Waals surface area contributed by atoms with Crippen molar-refractivity contribution in [2.75, 3.05) is 36.2 Å². The Kier molecular flexibility index (Phi) is 8.00. The van der Waals surface area contributed by atoms with Gasteiger partial charge in [-0.3, -0.25) is 0 Å². The molecule has 19 heteroatoms. The van der Waals surface area contributed by atoms with E-state index >= 15 is 0 Å². The standard InChI is InChI=1S/C13H10F2IN3O3S.C13H11F2N3O3S/c14-11(15)6-5-22-13(20)19(6)9-4-18-1-2-21-7-3-8(16)23-10(7)12(18)17-9;14-11(15)7-6-21-13(19)18(7)9-5-17-2-3-20-8-1-4-22-10(8)12(17)16-9/h3-4,6,11H,1-2,5H2;1,4-5,7,11H,2-3,6H2/t6-;7-/m00/s1. The Labute approximate surface area is 273 Å². The molecule has 0 aromatic carbocycles. The fourth-order valence-electron chi connectivity index (χ4n) is 5.20. The highest BCUT2D eigenvalue weighted by molar-refractivity contribution is 14.1. The quantitative estimate of drug-likeness (QED) is 0.189. The van der Waals surface area contributed by atoms with Crippen molar-refractivity contribution >= 4 is 69.1 Å². The number of rotatable bonds is 4. The molecule has 12 nitrogen and oxygen atoms in total. The van der Waals surface area contributed by atoms with Gasteiger partial charge in [0.15, 0.2) is 23.3 Å². The Balaban J connectivity index is 0.000000145. The molecule has 2 fully saturated rings. The van der Waals surface area contributed by atoms with E-state index in [0.717, 1.165) is 33.9 Å². The summed E-state index contributed by atoms with van der Waals surface area (Å²) in [6.45, 7) is 1.31. The lowest BCUT2D eigenvalue weighted by atomic mass is 10.3. The van der Waals surface area contributed by atoms with Crippen LogP contribution >= 0.6 is 45.3 Å². The second kappa shape index (κ2) is 12.0. The van der Waals surface area contributed by atoms with E-state index < -0.39 is 37.1 Å². The third kappa shape index (κ3) is 5.47. The first kappa shape index (κ1) is 30.1. The number of carbonyl (C=O) groups is 2. The van der Waals surface area contributed by atoms with Crippen molar-refractivity contribution in [3.8, 4) is 32.9 Å². The van der Waals surface area contributed by atoms with Crippen molar-refractivity contribution in [2.24, 2.45) is 0 Å². The monoisotopic (exact) mass is 780 g/mol. The number of anilines is 2. The summed E-state index contributed by atoms with van der Waals surface area (Å²) >= 11 is 5.15. The maximum Gasteiger partial charge on any atom is 0.416 e. The number of thiophene rings is 2. The van der Waals surface area contributed by atoms with Crippen LogP contribution in [0.4, 0.5) is 38.8 Å². The summed E-state index contributed by atoms with van der Waals surface area (Å²) in [6, 6.07) is 1.15. The molecule has 0 unspecified atom stereocenters. The number of nitrogens with zero attached hydrogens (tertiary/aromatic N) is 6. The summed E-state index contributed by atoms with van der Waals surface area (Å²) in [5, 5.41) is 1.88. The molecule has 4 aromatic rings. The van der Waals surface area contributed by atoms with Gasteiger partial charge in [-0.1, -0.05) is 0 Å². The van der Waals surface area contributed by atoms with E-state index in [1.807, 2.05) is 26.6 Å². The van der Waals surface area contributed by atoms with Crippen LogP contribution in [-0.2, 0) is 22.6 Å². The number of halogens is 5. The molecule has 4 aliphatic heterocycles. The molecule has 2 amide bonds. The van der Waals surface area contributed by atoms with Crippen LogP contribution < -0.4 is 19.3 Å². The van der Waals surface area contributed by atoms with Crippen LogP contribution in [0.2, 0.25) is 0 Å². The van der Waals surface area contributed by atoms with E-state index in [9.17, 15) is 27.2 Å². The van der Waals surface area contributed by atoms with Gasteiger partial charge in [0.2, 0.25) is 0 Å². The number of ether oxygens (including phenoxy) is 4. The van der Waals surface area contributed by atoms with Gasteiger partial charge in [0, 0.05) is 18.5 Å². The van der Waals surface area contributed by atoms with Crippen LogP contribution in [0, 0.1) is 2.88 Å². The highest BCUT2D eigenvalue weighted by Gasteiger charge is 2.43. The molecule has 2 atom stereocenters. The molecule has 4 aliphatic rings. The number of fused-ring (bicyclic) bond motifs is 6. The van der Waals surface area contributed by atoms with Crippen molar-refractivity contribution in [1.82, 2.24) is 19.1 Å². The predicted molar refractivity (Wildman–Crippen MR) is 162 cm³/mol. The smallest absolute Gasteiger partial charge is 0.416 e. The summed E-state index contributed by atoms with van der Waals surface area (Å²) in [5.41, 5.74) is 0. The van der Waals surface area contributed by atoms with E-state index in [2.05, 4.69) is 32.6 Å². The van der Waals surface area contributed by atoms with E-state index in [1.165, 1.54) is 22.7 Å². The van der Waals surface area contributed by atoms with Crippen molar-refractivity contribution in [3.63, 3.8) is 0 Å². The van der Waals surface area contributed by atoms with Crippen molar-refractivity contribution in [2.45, 2.75) is 38.0 Å². The molecule has 0 saturated carbocycles. The minimum atomic E-state index is -2.69. The van der Waals surface area contributed by atoms with E-state index in [4.69, 9.17) is 18.9 Å². The summed E-state index contributed by atoms with van der Waals surface area (Å²) in [4.78, 5) is 35.9. The zero-order chi connectivity index (χ0) is 31.4. The molecule has 0 N–H and O–H groups in total. The number of hydrogen-bond donors (Lipinski definition) is 0. The molecule has 2 saturated heterocycles. The fourth-order valence-corrected chi connectivity index (χ4v) is 7.82. The molecular formula is C26H21F4IN6O6S2. The number of carbonyl (C=O) groups excluding carboxylic acids is 2. The van der Waals surface area contributed by atoms with Gasteiger partial charge in [-0.2, -0.15) is 0 Å². The van der Waals surface area contributed by atoms with Crippen molar-refractivity contribution in [1.29, 1.82) is 0 Å². The molecule has 8 heterocycles. The Bertz CT molecular complexity index is 1760. The van der Waals surface area contributed by atoms with Crippen LogP contribution in [0.3, 0.4) is 0 Å². The number of hydrogen-bond acceptors (Lipinski definition) is 10. The minimum absolute atomic E-state index is 0.184. The van der Waals surface area contributed by atoms with Gasteiger partial charge in [0.25, 0.3) is 12.9 Å². The lowest BCUT2D eigenvalue weighted by Crippen LogP contribution is -2.38. The molecule has 45 heavy (non-hydrogen) atoms. The maximum atomic E-state index is 13.1. The SMILES string of the molecule is O=C1OC[C@@H](C(F)F)N1c1cn2c(n1)-c1sc(I)cc1OCC2.O=C1OC[C@@H](C(F)F)N1c1cn2c(n1)-c1sccc1OCC2. The van der Waals surface area contributed by atoms with Gasteiger partial charge in [0.05, 0.1) is 16.0 Å². The van der Waals surface area contributed by atoms with Crippen LogP contribution in [-0.4, -0.2) is 82.7 Å². The normalized spacial score (nSPS) is 20.2. The van der Waals surface area contributed by atoms with Crippen molar-refractivity contribution in [3.05, 3.63) is 32.8 Å². The lowest BCUT2D eigenvalue weighted by Gasteiger charge is -2.17. The Hall–Kier alpha value is -3.59. The van der Waals surface area contributed by atoms with Gasteiger partial charge >= 0.3 is 12.2 Å². The Morgan fingerprint density at radius 3 is 1.89 bits per heavy atom. The first-order chi connectivity index (χ1) is 21.7. The van der Waals surface area contributed by atoms with Gasteiger partial charge in [0.1, 0.15) is 59.8 Å². The first-order valence-corrected chi connectivity index (χ1v) is 16.2.